The molecule has 0 bridgehead atoms. The van der Waals surface area contributed by atoms with Crippen LogP contribution in [0.2, 0.25) is 0 Å². The van der Waals surface area contributed by atoms with E-state index in [0.29, 0.717) is 42.3 Å². The van der Waals surface area contributed by atoms with Gasteiger partial charge in [0, 0.05) is 37.5 Å². The van der Waals surface area contributed by atoms with Crippen LogP contribution in [0.3, 0.4) is 0 Å². The third-order valence-corrected chi connectivity index (χ3v) is 5.01. The summed E-state index contributed by atoms with van der Waals surface area (Å²) in [5.74, 6) is 0.192. The summed E-state index contributed by atoms with van der Waals surface area (Å²) >= 11 is 0. The minimum Gasteiger partial charge on any atom is -0.476 e. The van der Waals surface area contributed by atoms with E-state index in [-0.39, 0.29) is 11.7 Å². The van der Waals surface area contributed by atoms with Crippen molar-refractivity contribution >= 4 is 17.4 Å². The van der Waals surface area contributed by atoms with E-state index in [2.05, 4.69) is 32.7 Å². The second-order valence-corrected chi connectivity index (χ2v) is 7.18. The molecule has 30 heavy (non-hydrogen) atoms. The number of amides is 1. The molecule has 3 aromatic rings. The Morgan fingerprint density at radius 1 is 1.13 bits per heavy atom. The van der Waals surface area contributed by atoms with Gasteiger partial charge in [-0.15, -0.1) is 0 Å². The predicted octanol–water partition coefficient (Wildman–Crippen LogP) is 3.35. The van der Waals surface area contributed by atoms with Crippen LogP contribution in [0, 0.1) is 0 Å². The molecule has 0 unspecified atom stereocenters. The lowest BCUT2D eigenvalue weighted by molar-refractivity contribution is 0.0956. The summed E-state index contributed by atoms with van der Waals surface area (Å²) < 4.78 is 5.63. The van der Waals surface area contributed by atoms with E-state index in [1.54, 1.807) is 24.5 Å². The van der Waals surface area contributed by atoms with Crippen LogP contribution in [0.1, 0.15) is 44.8 Å². The zero-order valence-corrected chi connectivity index (χ0v) is 16.6. The topological polar surface area (TPSA) is 96.1 Å². The number of fused-ring (bicyclic) bond motifs is 1. The number of benzene rings is 1. The van der Waals surface area contributed by atoms with Crippen LogP contribution in [0.4, 0.5) is 5.69 Å². The minimum absolute atomic E-state index is 0.0189. The van der Waals surface area contributed by atoms with Crippen LogP contribution in [-0.2, 0) is 13.0 Å². The van der Waals surface area contributed by atoms with Crippen LogP contribution >= 0.6 is 0 Å². The molecule has 2 heterocycles. The van der Waals surface area contributed by atoms with E-state index in [0.717, 1.165) is 25.1 Å². The summed E-state index contributed by atoms with van der Waals surface area (Å²) in [6, 6.07) is 13.6. The highest BCUT2D eigenvalue weighted by Crippen LogP contribution is 2.24. The molecule has 0 saturated heterocycles. The van der Waals surface area contributed by atoms with Crippen LogP contribution < -0.4 is 15.4 Å². The highest BCUT2D eigenvalue weighted by molar-refractivity contribution is 6.13. The summed E-state index contributed by atoms with van der Waals surface area (Å²) in [4.78, 5) is 32.0. The average molecular weight is 404 g/mol. The van der Waals surface area contributed by atoms with Gasteiger partial charge in [0.15, 0.2) is 5.78 Å². The first-order valence-electron chi connectivity index (χ1n) is 10.1. The fourth-order valence-electron chi connectivity index (χ4n) is 3.51. The second kappa shape index (κ2) is 9.37. The molecule has 2 aromatic heterocycles. The molecule has 0 atom stereocenters. The van der Waals surface area contributed by atoms with E-state index < -0.39 is 0 Å². The number of nitrogens with zero attached hydrogens (tertiary/aromatic N) is 1. The number of anilines is 1. The Hall–Kier alpha value is -3.45. The Morgan fingerprint density at radius 2 is 2.00 bits per heavy atom. The zero-order chi connectivity index (χ0) is 20.8. The maximum absolute atomic E-state index is 12.6. The number of carbonyl (C=O) groups excluding carboxylic acids is 2. The lowest BCUT2D eigenvalue weighted by Gasteiger charge is -2.12. The number of carbonyl (C=O) groups is 2. The largest absolute Gasteiger partial charge is 0.476 e. The number of pyridine rings is 1. The van der Waals surface area contributed by atoms with Crippen molar-refractivity contribution in [2.24, 2.45) is 0 Å². The number of nitrogens with one attached hydrogen (secondary N) is 3. The van der Waals surface area contributed by atoms with Crippen molar-refractivity contribution in [3.63, 3.8) is 0 Å². The number of ether oxygens (including phenoxy) is 1. The normalized spacial score (nSPS) is 13.0. The molecule has 3 N–H and O–H groups in total. The van der Waals surface area contributed by atoms with Gasteiger partial charge in [0.05, 0.1) is 23.0 Å². The van der Waals surface area contributed by atoms with E-state index in [9.17, 15) is 9.59 Å². The number of H-pyrrole nitrogens is 1. The molecule has 0 fully saturated rings. The molecule has 1 aliphatic rings. The maximum atomic E-state index is 12.6. The van der Waals surface area contributed by atoms with E-state index >= 15 is 0 Å². The predicted molar refractivity (Wildman–Crippen MR) is 114 cm³/mol. The van der Waals surface area contributed by atoms with Gasteiger partial charge in [-0.3, -0.25) is 9.59 Å². The van der Waals surface area contributed by atoms with E-state index in [1.807, 2.05) is 18.2 Å². The van der Waals surface area contributed by atoms with E-state index in [4.69, 9.17) is 4.74 Å². The number of aromatic amines is 1. The SMILES string of the molecule is O=C(Nc1ccc(OCCNCc2ccccc2)nc1)c1c[nH]c2c1C(=O)CCC2. The van der Waals surface area contributed by atoms with Crippen LogP contribution in [-0.4, -0.2) is 34.8 Å². The molecule has 1 aromatic carbocycles. The molecule has 0 radical (unpaired) electrons. The van der Waals surface area contributed by atoms with Crippen molar-refractivity contribution in [3.05, 3.63) is 77.2 Å². The van der Waals surface area contributed by atoms with Gasteiger partial charge in [0.1, 0.15) is 6.61 Å². The van der Waals surface area contributed by atoms with Gasteiger partial charge in [-0.25, -0.2) is 4.98 Å². The van der Waals surface area contributed by atoms with E-state index in [1.165, 1.54) is 5.56 Å². The van der Waals surface area contributed by atoms with Crippen molar-refractivity contribution in [1.29, 1.82) is 0 Å². The summed E-state index contributed by atoms with van der Waals surface area (Å²) in [5, 5.41) is 6.11. The van der Waals surface area contributed by atoms with Gasteiger partial charge >= 0.3 is 0 Å². The monoisotopic (exact) mass is 404 g/mol. The molecule has 154 valence electrons. The Labute approximate surface area is 174 Å². The number of Topliss-reactive ketones (excluding diaryl/α,β-unsaturated/α-hetero) is 1. The van der Waals surface area contributed by atoms with Crippen LogP contribution in [0.5, 0.6) is 5.88 Å². The summed E-state index contributed by atoms with van der Waals surface area (Å²) in [6.45, 7) is 1.97. The number of hydrogen-bond acceptors (Lipinski definition) is 5. The standard InChI is InChI=1S/C23H24N4O3/c28-20-8-4-7-19-22(20)18(15-25-19)23(29)27-17-9-10-21(26-14-17)30-12-11-24-13-16-5-2-1-3-6-16/h1-3,5-6,9-10,14-15,24-25H,4,7-8,11-13H2,(H,27,29). The van der Waals surface area contributed by atoms with Crippen molar-refractivity contribution in [1.82, 2.24) is 15.3 Å². The molecular formula is C23H24N4O3. The summed E-state index contributed by atoms with van der Waals surface area (Å²) in [7, 11) is 0. The lowest BCUT2D eigenvalue weighted by atomic mass is 9.93. The third-order valence-electron chi connectivity index (χ3n) is 5.01. The molecule has 1 aliphatic carbocycles. The zero-order valence-electron chi connectivity index (χ0n) is 16.6. The van der Waals surface area contributed by atoms with Gasteiger partial charge in [-0.2, -0.15) is 0 Å². The Bertz CT molecular complexity index is 1010. The fraction of sp³-hybridized carbons (Fsp3) is 0.261. The maximum Gasteiger partial charge on any atom is 0.257 e. The molecule has 0 saturated carbocycles. The highest BCUT2D eigenvalue weighted by atomic mass is 16.5. The molecule has 1 amide bonds. The first-order chi connectivity index (χ1) is 14.7. The van der Waals surface area contributed by atoms with Crippen molar-refractivity contribution in [3.8, 4) is 5.88 Å². The van der Waals surface area contributed by atoms with Gasteiger partial charge in [0.25, 0.3) is 5.91 Å². The second-order valence-electron chi connectivity index (χ2n) is 7.18. The summed E-state index contributed by atoms with van der Waals surface area (Å²) in [6.07, 6.45) is 5.25. The third kappa shape index (κ3) is 4.75. The van der Waals surface area contributed by atoms with Gasteiger partial charge in [0.2, 0.25) is 5.88 Å². The number of ketones is 1. The molecule has 7 heteroatoms. The first-order valence-corrected chi connectivity index (χ1v) is 10.1. The highest BCUT2D eigenvalue weighted by Gasteiger charge is 2.25. The van der Waals surface area contributed by atoms with Crippen molar-refractivity contribution < 1.29 is 14.3 Å². The number of aromatic nitrogens is 2. The molecule has 0 spiro atoms. The van der Waals surface area contributed by atoms with Crippen LogP contribution in [0.25, 0.3) is 0 Å². The quantitative estimate of drug-likeness (QED) is 0.501. The Kier molecular flexibility index (Phi) is 6.20. The first kappa shape index (κ1) is 19.8. The van der Waals surface area contributed by atoms with Crippen molar-refractivity contribution in [2.45, 2.75) is 25.8 Å². The number of hydrogen-bond donors (Lipinski definition) is 3. The van der Waals surface area contributed by atoms with Crippen LogP contribution in [0.15, 0.2) is 54.9 Å². The molecule has 0 aliphatic heterocycles. The number of rotatable bonds is 8. The van der Waals surface area contributed by atoms with Gasteiger partial charge < -0.3 is 20.4 Å². The molecule has 7 nitrogen and oxygen atoms in total. The lowest BCUT2D eigenvalue weighted by Crippen LogP contribution is -2.20. The Morgan fingerprint density at radius 3 is 2.80 bits per heavy atom. The average Bonchev–Trinajstić information content (AvgIpc) is 3.21. The minimum atomic E-state index is -0.316. The van der Waals surface area contributed by atoms with Gasteiger partial charge in [-0.1, -0.05) is 30.3 Å². The molecular weight excluding hydrogens is 380 g/mol. The smallest absolute Gasteiger partial charge is 0.257 e. The Balaban J connectivity index is 1.25. The molecule has 4 rings (SSSR count). The van der Waals surface area contributed by atoms with Gasteiger partial charge in [-0.05, 0) is 24.5 Å². The summed E-state index contributed by atoms with van der Waals surface area (Å²) in [5.41, 5.74) is 3.53. The fourth-order valence-corrected chi connectivity index (χ4v) is 3.51. The van der Waals surface area contributed by atoms with Crippen molar-refractivity contribution in [2.75, 3.05) is 18.5 Å². The number of aryl methyl sites for hydroxylation is 1.